The molecule has 1 aromatic heterocycles. The van der Waals surface area contributed by atoms with Crippen molar-refractivity contribution < 1.29 is 17.9 Å². The van der Waals surface area contributed by atoms with Gasteiger partial charge in [0.05, 0.1) is 30.7 Å². The molecule has 0 aliphatic carbocycles. The highest BCUT2D eigenvalue weighted by Gasteiger charge is 2.34. The van der Waals surface area contributed by atoms with Crippen LogP contribution < -0.4 is 14.4 Å². The van der Waals surface area contributed by atoms with Crippen LogP contribution in [0.5, 0.6) is 5.75 Å². The second-order valence-electron chi connectivity index (χ2n) is 5.41. The van der Waals surface area contributed by atoms with Gasteiger partial charge in [0.15, 0.2) is 6.10 Å². The Morgan fingerprint density at radius 2 is 2.04 bits per heavy atom. The third kappa shape index (κ3) is 3.48. The van der Waals surface area contributed by atoms with E-state index in [1.807, 2.05) is 6.07 Å². The van der Waals surface area contributed by atoms with E-state index in [4.69, 9.17) is 4.74 Å². The van der Waals surface area contributed by atoms with Gasteiger partial charge in [-0.05, 0) is 24.3 Å². The topological polar surface area (TPSA) is 88.6 Å². The first-order valence-electron chi connectivity index (χ1n) is 7.36. The predicted molar refractivity (Wildman–Crippen MR) is 89.1 cm³/mol. The quantitative estimate of drug-likeness (QED) is 0.889. The third-order valence-corrected chi connectivity index (χ3v) is 4.74. The first kappa shape index (κ1) is 16.3. The van der Waals surface area contributed by atoms with Crippen LogP contribution in [0.4, 0.5) is 5.69 Å². The average Bonchev–Trinajstić information content (AvgIpc) is 2.58. The van der Waals surface area contributed by atoms with Gasteiger partial charge in [0, 0.05) is 6.20 Å². The SMILES string of the molecule is CS(=O)(=O)N1C[C@@H](C(=O)NCc2ccccn2)Oc2ccccc21. The molecule has 8 heteroatoms. The minimum atomic E-state index is -3.51. The van der Waals surface area contributed by atoms with E-state index in [2.05, 4.69) is 10.3 Å². The minimum Gasteiger partial charge on any atom is -0.476 e. The molecule has 126 valence electrons. The van der Waals surface area contributed by atoms with Crippen LogP contribution in [0, 0.1) is 0 Å². The summed E-state index contributed by atoms with van der Waals surface area (Å²) in [5.41, 5.74) is 1.15. The van der Waals surface area contributed by atoms with Gasteiger partial charge in [-0.15, -0.1) is 0 Å². The molecular formula is C16H17N3O4S. The Morgan fingerprint density at radius 1 is 1.29 bits per heavy atom. The van der Waals surface area contributed by atoms with Crippen molar-refractivity contribution in [3.05, 3.63) is 54.4 Å². The number of benzene rings is 1. The number of pyridine rings is 1. The van der Waals surface area contributed by atoms with E-state index < -0.39 is 16.1 Å². The standard InChI is InChI=1S/C16H17N3O4S/c1-24(21,22)19-11-15(23-14-8-3-2-7-13(14)19)16(20)18-10-12-6-4-5-9-17-12/h2-9,15H,10-11H2,1H3,(H,18,20)/t15-/m0/s1. The van der Waals surface area contributed by atoms with E-state index in [9.17, 15) is 13.2 Å². The van der Waals surface area contributed by atoms with Gasteiger partial charge in [-0.2, -0.15) is 0 Å². The van der Waals surface area contributed by atoms with Crippen molar-refractivity contribution in [1.82, 2.24) is 10.3 Å². The molecule has 1 N–H and O–H groups in total. The Labute approximate surface area is 140 Å². The maximum absolute atomic E-state index is 12.4. The first-order chi connectivity index (χ1) is 11.4. The smallest absolute Gasteiger partial charge is 0.263 e. The molecule has 24 heavy (non-hydrogen) atoms. The van der Waals surface area contributed by atoms with Crippen LogP contribution >= 0.6 is 0 Å². The summed E-state index contributed by atoms with van der Waals surface area (Å²) in [5, 5.41) is 2.72. The van der Waals surface area contributed by atoms with Gasteiger partial charge in [0.2, 0.25) is 10.0 Å². The highest BCUT2D eigenvalue weighted by molar-refractivity contribution is 7.92. The van der Waals surface area contributed by atoms with Crippen molar-refractivity contribution in [2.45, 2.75) is 12.6 Å². The van der Waals surface area contributed by atoms with E-state index in [1.165, 1.54) is 4.31 Å². The number of ether oxygens (including phenoxy) is 1. The second-order valence-corrected chi connectivity index (χ2v) is 7.31. The van der Waals surface area contributed by atoms with Crippen LogP contribution in [0.2, 0.25) is 0 Å². The summed E-state index contributed by atoms with van der Waals surface area (Å²) in [6.45, 7) is 0.184. The third-order valence-electron chi connectivity index (χ3n) is 3.60. The Bertz CT molecular complexity index is 839. The second kappa shape index (κ2) is 6.48. The van der Waals surface area contributed by atoms with Gasteiger partial charge >= 0.3 is 0 Å². The number of para-hydroxylation sites is 2. The van der Waals surface area contributed by atoms with E-state index >= 15 is 0 Å². The minimum absolute atomic E-state index is 0.0656. The fourth-order valence-corrected chi connectivity index (χ4v) is 3.36. The van der Waals surface area contributed by atoms with Crippen LogP contribution in [0.25, 0.3) is 0 Å². The Kier molecular flexibility index (Phi) is 4.39. The number of carbonyl (C=O) groups is 1. The number of hydrogen-bond acceptors (Lipinski definition) is 5. The number of sulfonamides is 1. The molecule has 0 radical (unpaired) electrons. The summed E-state index contributed by atoms with van der Waals surface area (Å²) in [6.07, 6.45) is 1.83. The molecule has 2 heterocycles. The molecule has 1 aromatic carbocycles. The number of anilines is 1. The summed E-state index contributed by atoms with van der Waals surface area (Å²) in [4.78, 5) is 16.5. The van der Waals surface area contributed by atoms with Crippen LogP contribution in [0.3, 0.4) is 0 Å². The van der Waals surface area contributed by atoms with Gasteiger partial charge in [0.25, 0.3) is 5.91 Å². The molecule has 0 saturated carbocycles. The largest absolute Gasteiger partial charge is 0.476 e. The molecule has 0 spiro atoms. The summed E-state index contributed by atoms with van der Waals surface area (Å²) < 4.78 is 30.9. The lowest BCUT2D eigenvalue weighted by molar-refractivity contribution is -0.127. The van der Waals surface area contributed by atoms with E-state index in [1.54, 1.807) is 42.6 Å². The highest BCUT2D eigenvalue weighted by Crippen LogP contribution is 2.34. The highest BCUT2D eigenvalue weighted by atomic mass is 32.2. The van der Waals surface area contributed by atoms with Gasteiger partial charge in [0.1, 0.15) is 5.75 Å². The molecule has 0 unspecified atom stereocenters. The fourth-order valence-electron chi connectivity index (χ4n) is 2.45. The van der Waals surface area contributed by atoms with E-state index in [0.717, 1.165) is 6.26 Å². The van der Waals surface area contributed by atoms with Crippen molar-refractivity contribution in [3.8, 4) is 5.75 Å². The van der Waals surface area contributed by atoms with Gasteiger partial charge in [-0.25, -0.2) is 8.42 Å². The van der Waals surface area contributed by atoms with Gasteiger partial charge in [-0.3, -0.25) is 14.1 Å². The molecule has 0 saturated heterocycles. The van der Waals surface area contributed by atoms with Crippen molar-refractivity contribution in [1.29, 1.82) is 0 Å². The Balaban J connectivity index is 1.76. The number of fused-ring (bicyclic) bond motifs is 1. The van der Waals surface area contributed by atoms with Crippen LogP contribution in [0.15, 0.2) is 48.7 Å². The zero-order valence-corrected chi connectivity index (χ0v) is 13.9. The first-order valence-corrected chi connectivity index (χ1v) is 9.21. The van der Waals surface area contributed by atoms with E-state index in [0.29, 0.717) is 17.1 Å². The monoisotopic (exact) mass is 347 g/mol. The zero-order valence-electron chi connectivity index (χ0n) is 13.0. The van der Waals surface area contributed by atoms with Crippen molar-refractivity contribution in [2.75, 3.05) is 17.1 Å². The number of carbonyl (C=O) groups excluding carboxylic acids is 1. The average molecular weight is 347 g/mol. The van der Waals surface area contributed by atoms with Crippen molar-refractivity contribution >= 4 is 21.6 Å². The molecule has 7 nitrogen and oxygen atoms in total. The van der Waals surface area contributed by atoms with Crippen molar-refractivity contribution in [3.63, 3.8) is 0 Å². The Morgan fingerprint density at radius 3 is 2.75 bits per heavy atom. The summed E-state index contributed by atoms with van der Waals surface area (Å²) in [7, 11) is -3.51. The number of rotatable bonds is 4. The number of aromatic nitrogens is 1. The van der Waals surface area contributed by atoms with Gasteiger partial charge in [-0.1, -0.05) is 18.2 Å². The molecule has 1 aliphatic heterocycles. The van der Waals surface area contributed by atoms with Crippen LogP contribution in [-0.2, 0) is 21.4 Å². The molecule has 0 fully saturated rings. The summed E-state index contributed by atoms with van der Waals surface area (Å²) in [5.74, 6) is -0.0176. The molecule has 1 amide bonds. The molecule has 1 aliphatic rings. The van der Waals surface area contributed by atoms with Gasteiger partial charge < -0.3 is 10.1 Å². The van der Waals surface area contributed by atoms with Crippen LogP contribution in [0.1, 0.15) is 5.69 Å². The number of nitrogens with zero attached hydrogens (tertiary/aromatic N) is 2. The Hall–Kier alpha value is -2.61. The predicted octanol–water partition coefficient (Wildman–Crippen LogP) is 0.925. The zero-order chi connectivity index (χ0) is 17.2. The maximum atomic E-state index is 12.4. The number of amides is 1. The number of nitrogens with one attached hydrogen (secondary N) is 1. The van der Waals surface area contributed by atoms with E-state index in [-0.39, 0.29) is 19.0 Å². The van der Waals surface area contributed by atoms with Crippen molar-refractivity contribution in [2.24, 2.45) is 0 Å². The lowest BCUT2D eigenvalue weighted by atomic mass is 10.2. The molecule has 0 bridgehead atoms. The molecule has 2 aromatic rings. The maximum Gasteiger partial charge on any atom is 0.263 e. The van der Waals surface area contributed by atoms with Crippen LogP contribution in [-0.4, -0.2) is 38.2 Å². The molecule has 1 atom stereocenters. The normalized spacial score (nSPS) is 16.9. The number of hydrogen-bond donors (Lipinski definition) is 1. The fraction of sp³-hybridized carbons (Fsp3) is 0.250. The lowest BCUT2D eigenvalue weighted by Gasteiger charge is -2.33. The summed E-state index contributed by atoms with van der Waals surface area (Å²) >= 11 is 0. The molecule has 3 rings (SSSR count). The molecular weight excluding hydrogens is 330 g/mol. The summed E-state index contributed by atoms with van der Waals surface area (Å²) in [6, 6.07) is 12.2. The lowest BCUT2D eigenvalue weighted by Crippen LogP contribution is -2.50.